The predicted octanol–water partition coefficient (Wildman–Crippen LogP) is 3.14. The average Bonchev–Trinajstić information content (AvgIpc) is 3.24. The Hall–Kier alpha value is -1.88. The monoisotopic (exact) mass is 423 g/mol. The van der Waals surface area contributed by atoms with Crippen molar-refractivity contribution in [3.05, 3.63) is 34.2 Å². The van der Waals surface area contributed by atoms with Gasteiger partial charge in [0.15, 0.2) is 9.92 Å². The number of anilines is 1. The standard InChI is InChI=1S/C18H25N5O3S2/c1-4-6-11-9-14(12-7-5-8-13(12)21-11)22-17(24)23-28(19,26)15-10-20-16(27-15)18(2,3)25/h9-10,25H,4-8H2,1-3H3,(H3,19,21,22,23,24,26). The zero-order valence-electron chi connectivity index (χ0n) is 16.2. The minimum Gasteiger partial charge on any atom is -0.383 e. The molecule has 2 aromatic rings. The molecule has 10 heteroatoms. The van der Waals surface area contributed by atoms with Gasteiger partial charge in [-0.1, -0.05) is 13.3 Å². The quantitative estimate of drug-likeness (QED) is 0.680. The molecule has 0 spiro atoms. The molecule has 1 atom stereocenters. The fourth-order valence-electron chi connectivity index (χ4n) is 3.08. The summed E-state index contributed by atoms with van der Waals surface area (Å²) in [7, 11) is -3.46. The van der Waals surface area contributed by atoms with Crippen molar-refractivity contribution in [2.24, 2.45) is 9.50 Å². The summed E-state index contributed by atoms with van der Waals surface area (Å²) in [4.78, 5) is 21.2. The molecule has 28 heavy (non-hydrogen) atoms. The summed E-state index contributed by atoms with van der Waals surface area (Å²) in [6.07, 6.45) is 5.79. The van der Waals surface area contributed by atoms with E-state index in [1.165, 1.54) is 6.20 Å². The van der Waals surface area contributed by atoms with Gasteiger partial charge in [0.25, 0.3) is 0 Å². The van der Waals surface area contributed by atoms with Gasteiger partial charge < -0.3 is 10.4 Å². The summed E-state index contributed by atoms with van der Waals surface area (Å²) in [6.45, 7) is 5.20. The van der Waals surface area contributed by atoms with E-state index >= 15 is 0 Å². The van der Waals surface area contributed by atoms with Crippen LogP contribution in [0.5, 0.6) is 0 Å². The summed E-state index contributed by atoms with van der Waals surface area (Å²) in [5.41, 5.74) is 2.41. The van der Waals surface area contributed by atoms with Crippen LogP contribution >= 0.6 is 11.3 Å². The Kier molecular flexibility index (Phi) is 5.85. The van der Waals surface area contributed by atoms with Gasteiger partial charge in [0.1, 0.15) is 14.8 Å². The number of hydrogen-bond donors (Lipinski definition) is 3. The number of nitrogens with zero attached hydrogens (tertiary/aromatic N) is 3. The SMILES string of the molecule is CCCc1cc(NC(=O)N=S(N)(=O)c2cnc(C(C)(C)O)s2)c2c(n1)CCC2. The largest absolute Gasteiger partial charge is 0.383 e. The molecule has 152 valence electrons. The van der Waals surface area contributed by atoms with Gasteiger partial charge in [-0.15, -0.1) is 15.7 Å². The molecule has 0 saturated carbocycles. The van der Waals surface area contributed by atoms with E-state index in [0.29, 0.717) is 10.7 Å². The number of carbonyl (C=O) groups is 1. The first kappa shape index (κ1) is 20.8. The van der Waals surface area contributed by atoms with Gasteiger partial charge in [0, 0.05) is 17.1 Å². The van der Waals surface area contributed by atoms with Crippen molar-refractivity contribution in [3.63, 3.8) is 0 Å². The van der Waals surface area contributed by atoms with Gasteiger partial charge in [-0.05, 0) is 51.2 Å². The van der Waals surface area contributed by atoms with Crippen LogP contribution in [0.3, 0.4) is 0 Å². The lowest BCUT2D eigenvalue weighted by atomic mass is 10.1. The fourth-order valence-corrected chi connectivity index (χ4v) is 5.14. The van der Waals surface area contributed by atoms with E-state index in [0.717, 1.165) is 60.4 Å². The van der Waals surface area contributed by atoms with E-state index in [2.05, 4.69) is 26.6 Å². The topological polar surface area (TPSA) is 131 Å². The highest BCUT2D eigenvalue weighted by molar-refractivity contribution is 7.93. The van der Waals surface area contributed by atoms with Crippen molar-refractivity contribution < 1.29 is 14.1 Å². The van der Waals surface area contributed by atoms with Crippen LogP contribution in [0.25, 0.3) is 0 Å². The second kappa shape index (κ2) is 7.86. The zero-order chi connectivity index (χ0) is 20.5. The number of thiazole rings is 1. The molecule has 1 aliphatic carbocycles. The molecule has 2 amide bonds. The number of nitrogens with one attached hydrogen (secondary N) is 1. The van der Waals surface area contributed by atoms with Crippen molar-refractivity contribution in [3.8, 4) is 0 Å². The lowest BCUT2D eigenvalue weighted by Crippen LogP contribution is -2.18. The van der Waals surface area contributed by atoms with Crippen molar-refractivity contribution in [1.29, 1.82) is 0 Å². The first-order valence-electron chi connectivity index (χ1n) is 9.16. The number of aryl methyl sites for hydroxylation is 2. The molecule has 0 aliphatic heterocycles. The van der Waals surface area contributed by atoms with Gasteiger partial charge >= 0.3 is 6.03 Å². The zero-order valence-corrected chi connectivity index (χ0v) is 17.8. The van der Waals surface area contributed by atoms with Crippen molar-refractivity contribution in [2.45, 2.75) is 62.7 Å². The van der Waals surface area contributed by atoms with Crippen LogP contribution in [0.1, 0.15) is 55.6 Å². The summed E-state index contributed by atoms with van der Waals surface area (Å²) in [6, 6.07) is 1.09. The number of nitrogens with two attached hydrogens (primary N) is 1. The number of aliphatic hydroxyl groups is 1. The van der Waals surface area contributed by atoms with Crippen LogP contribution in [-0.2, 0) is 34.8 Å². The molecular formula is C18H25N5O3S2. The molecule has 2 heterocycles. The molecule has 4 N–H and O–H groups in total. The maximum absolute atomic E-state index is 12.8. The second-order valence-corrected chi connectivity index (χ2v) is 10.4. The van der Waals surface area contributed by atoms with E-state index in [9.17, 15) is 14.1 Å². The number of rotatable bonds is 5. The van der Waals surface area contributed by atoms with Gasteiger partial charge in [0.2, 0.25) is 0 Å². The van der Waals surface area contributed by atoms with Crippen LogP contribution in [0, 0.1) is 0 Å². The minimum atomic E-state index is -3.46. The number of pyridine rings is 1. The van der Waals surface area contributed by atoms with E-state index in [-0.39, 0.29) is 4.21 Å². The van der Waals surface area contributed by atoms with E-state index in [4.69, 9.17) is 5.14 Å². The third kappa shape index (κ3) is 4.57. The second-order valence-electron chi connectivity index (χ2n) is 7.32. The van der Waals surface area contributed by atoms with Crippen LogP contribution in [0.2, 0.25) is 0 Å². The van der Waals surface area contributed by atoms with Crippen molar-refractivity contribution in [2.75, 3.05) is 5.32 Å². The Balaban J connectivity index is 1.87. The first-order chi connectivity index (χ1) is 13.1. The molecule has 0 bridgehead atoms. The molecule has 2 aromatic heterocycles. The lowest BCUT2D eigenvalue weighted by Gasteiger charge is -2.12. The fraction of sp³-hybridized carbons (Fsp3) is 0.500. The molecule has 0 aromatic carbocycles. The summed E-state index contributed by atoms with van der Waals surface area (Å²) >= 11 is 0.979. The number of carbonyl (C=O) groups excluding carboxylic acids is 1. The maximum atomic E-state index is 12.8. The summed E-state index contributed by atoms with van der Waals surface area (Å²) in [5, 5.41) is 18.9. The first-order valence-corrected chi connectivity index (χ1v) is 11.6. The summed E-state index contributed by atoms with van der Waals surface area (Å²) < 4.78 is 16.6. The molecular weight excluding hydrogens is 398 g/mol. The Morgan fingerprint density at radius 3 is 2.86 bits per heavy atom. The Morgan fingerprint density at radius 1 is 1.46 bits per heavy atom. The number of amides is 2. The molecule has 8 nitrogen and oxygen atoms in total. The number of aromatic nitrogens is 2. The molecule has 0 saturated heterocycles. The lowest BCUT2D eigenvalue weighted by molar-refractivity contribution is 0.0783. The van der Waals surface area contributed by atoms with Crippen LogP contribution in [-0.4, -0.2) is 25.3 Å². The van der Waals surface area contributed by atoms with Gasteiger partial charge in [0.05, 0.1) is 6.20 Å². The number of urea groups is 1. The van der Waals surface area contributed by atoms with E-state index in [1.54, 1.807) is 13.8 Å². The maximum Gasteiger partial charge on any atom is 0.354 e. The van der Waals surface area contributed by atoms with E-state index < -0.39 is 21.5 Å². The average molecular weight is 424 g/mol. The Bertz CT molecular complexity index is 1020. The Morgan fingerprint density at radius 2 is 2.21 bits per heavy atom. The van der Waals surface area contributed by atoms with E-state index in [1.807, 2.05) is 6.07 Å². The third-order valence-electron chi connectivity index (χ3n) is 4.37. The molecule has 0 fully saturated rings. The molecule has 1 aliphatic rings. The minimum absolute atomic E-state index is 0.145. The predicted molar refractivity (Wildman–Crippen MR) is 110 cm³/mol. The third-order valence-corrected chi connectivity index (χ3v) is 7.56. The highest BCUT2D eigenvalue weighted by Gasteiger charge is 2.24. The van der Waals surface area contributed by atoms with Crippen LogP contribution < -0.4 is 10.5 Å². The highest BCUT2D eigenvalue weighted by atomic mass is 32.2. The number of fused-ring (bicyclic) bond motifs is 1. The molecule has 1 unspecified atom stereocenters. The van der Waals surface area contributed by atoms with Crippen molar-refractivity contribution >= 4 is 33.0 Å². The van der Waals surface area contributed by atoms with Gasteiger partial charge in [-0.25, -0.2) is 19.1 Å². The Labute approximate surface area is 168 Å². The highest BCUT2D eigenvalue weighted by Crippen LogP contribution is 2.30. The molecule has 0 radical (unpaired) electrons. The van der Waals surface area contributed by atoms with Crippen LogP contribution in [0.15, 0.2) is 20.8 Å². The van der Waals surface area contributed by atoms with Gasteiger partial charge in [-0.2, -0.15) is 0 Å². The van der Waals surface area contributed by atoms with Crippen LogP contribution in [0.4, 0.5) is 10.5 Å². The van der Waals surface area contributed by atoms with Gasteiger partial charge in [-0.3, -0.25) is 4.98 Å². The normalized spacial score (nSPS) is 15.8. The molecule has 3 rings (SSSR count). The van der Waals surface area contributed by atoms with Crippen molar-refractivity contribution in [1.82, 2.24) is 9.97 Å². The number of hydrogen-bond acceptors (Lipinski definition) is 6. The summed E-state index contributed by atoms with van der Waals surface area (Å²) in [5.74, 6) is 0. The smallest absolute Gasteiger partial charge is 0.354 e.